The lowest BCUT2D eigenvalue weighted by molar-refractivity contribution is -0.119. The van der Waals surface area contributed by atoms with Gasteiger partial charge in [-0.3, -0.25) is 9.78 Å². The summed E-state index contributed by atoms with van der Waals surface area (Å²) in [6.07, 6.45) is 4.60. The number of ether oxygens (including phenoxy) is 2. The van der Waals surface area contributed by atoms with Crippen molar-refractivity contribution in [2.45, 2.75) is 0 Å². The fourth-order valence-corrected chi connectivity index (χ4v) is 3.00. The highest BCUT2D eigenvalue weighted by molar-refractivity contribution is 5.98. The molecule has 2 aromatic carbocycles. The number of amides is 1. The van der Waals surface area contributed by atoms with E-state index < -0.39 is 18.5 Å². The van der Waals surface area contributed by atoms with E-state index >= 15 is 0 Å². The van der Waals surface area contributed by atoms with E-state index in [1.165, 1.54) is 18.5 Å². The summed E-state index contributed by atoms with van der Waals surface area (Å²) in [7, 11) is 0. The monoisotopic (exact) mass is 425 g/mol. The first kappa shape index (κ1) is 20.7. The summed E-state index contributed by atoms with van der Waals surface area (Å²) in [6, 6.07) is 23.6. The van der Waals surface area contributed by atoms with Gasteiger partial charge in [-0.15, -0.1) is 0 Å². The van der Waals surface area contributed by atoms with Crippen LogP contribution in [0.1, 0.15) is 10.4 Å². The predicted molar refractivity (Wildman–Crippen MR) is 119 cm³/mol. The van der Waals surface area contributed by atoms with Crippen LogP contribution in [0.2, 0.25) is 0 Å². The van der Waals surface area contributed by atoms with Crippen molar-refractivity contribution in [3.63, 3.8) is 0 Å². The predicted octanol–water partition coefficient (Wildman–Crippen LogP) is 4.73. The maximum absolute atomic E-state index is 12.6. The lowest BCUT2D eigenvalue weighted by Gasteiger charge is -2.12. The molecule has 1 N–H and O–H groups in total. The van der Waals surface area contributed by atoms with Gasteiger partial charge in [0.15, 0.2) is 6.61 Å². The molecule has 0 aliphatic heterocycles. The van der Waals surface area contributed by atoms with Crippen molar-refractivity contribution in [3.8, 4) is 22.8 Å². The van der Waals surface area contributed by atoms with Gasteiger partial charge in [-0.2, -0.15) is 0 Å². The van der Waals surface area contributed by atoms with Crippen molar-refractivity contribution in [3.05, 3.63) is 103 Å². The van der Waals surface area contributed by atoms with E-state index in [4.69, 9.17) is 9.47 Å². The summed E-state index contributed by atoms with van der Waals surface area (Å²) < 4.78 is 10.8. The topological polar surface area (TPSA) is 90.4 Å². The number of pyridine rings is 2. The smallest absolute Gasteiger partial charge is 0.344 e. The Morgan fingerprint density at radius 1 is 0.844 bits per heavy atom. The number of nitrogens with one attached hydrogen (secondary N) is 1. The number of hydrogen-bond acceptors (Lipinski definition) is 6. The number of benzene rings is 2. The van der Waals surface area contributed by atoms with Crippen molar-refractivity contribution < 1.29 is 19.1 Å². The standard InChI is InChI=1S/C25H19N3O4/c29-23(28-22-13-5-4-11-20(22)18-8-2-1-3-9-18)17-31-25(30)21-12-7-15-27-24(21)32-19-10-6-14-26-16-19/h1-16H,17H2,(H,28,29). The van der Waals surface area contributed by atoms with E-state index in [1.807, 2.05) is 48.5 Å². The van der Waals surface area contributed by atoms with Crippen molar-refractivity contribution >= 4 is 17.6 Å². The fraction of sp³-hybridized carbons (Fsp3) is 0.0400. The van der Waals surface area contributed by atoms with Crippen LogP contribution in [0.3, 0.4) is 0 Å². The van der Waals surface area contributed by atoms with Gasteiger partial charge in [0.25, 0.3) is 5.91 Å². The lowest BCUT2D eigenvalue weighted by Crippen LogP contribution is -2.21. The first-order valence-corrected chi connectivity index (χ1v) is 9.85. The second kappa shape index (κ2) is 9.99. The van der Waals surface area contributed by atoms with Crippen LogP contribution in [-0.4, -0.2) is 28.5 Å². The Hall–Kier alpha value is -4.52. The summed E-state index contributed by atoms with van der Waals surface area (Å²) in [5.74, 6) is -0.681. The van der Waals surface area contributed by atoms with Gasteiger partial charge in [0.05, 0.1) is 6.20 Å². The summed E-state index contributed by atoms with van der Waals surface area (Å²) in [5, 5.41) is 2.80. The van der Waals surface area contributed by atoms with Crippen molar-refractivity contribution in [1.82, 2.24) is 9.97 Å². The van der Waals surface area contributed by atoms with E-state index in [0.717, 1.165) is 11.1 Å². The Kier molecular flexibility index (Phi) is 6.48. The maximum Gasteiger partial charge on any atom is 0.344 e. The van der Waals surface area contributed by atoms with Crippen molar-refractivity contribution in [2.75, 3.05) is 11.9 Å². The highest BCUT2D eigenvalue weighted by Gasteiger charge is 2.18. The fourth-order valence-electron chi connectivity index (χ4n) is 3.00. The Bertz CT molecular complexity index is 1210. The minimum absolute atomic E-state index is 0.0698. The minimum Gasteiger partial charge on any atom is -0.452 e. The molecule has 2 aromatic heterocycles. The molecule has 0 bridgehead atoms. The van der Waals surface area contributed by atoms with Gasteiger partial charge in [0.2, 0.25) is 5.88 Å². The molecule has 7 nitrogen and oxygen atoms in total. The van der Waals surface area contributed by atoms with E-state index in [1.54, 1.807) is 30.5 Å². The Balaban J connectivity index is 1.41. The molecule has 0 spiro atoms. The van der Waals surface area contributed by atoms with Crippen LogP contribution >= 0.6 is 0 Å². The summed E-state index contributed by atoms with van der Waals surface area (Å²) in [6.45, 7) is -0.455. The van der Waals surface area contributed by atoms with Crippen molar-refractivity contribution in [2.24, 2.45) is 0 Å². The molecule has 0 saturated carbocycles. The number of rotatable bonds is 7. The highest BCUT2D eigenvalue weighted by Crippen LogP contribution is 2.27. The maximum atomic E-state index is 12.6. The molecule has 0 radical (unpaired) electrons. The number of carbonyl (C=O) groups excluding carboxylic acids is 2. The number of hydrogen-bond donors (Lipinski definition) is 1. The first-order chi connectivity index (χ1) is 15.7. The van der Waals surface area contributed by atoms with E-state index in [0.29, 0.717) is 11.4 Å². The third-order valence-electron chi connectivity index (χ3n) is 4.46. The number of para-hydroxylation sites is 1. The van der Waals surface area contributed by atoms with Gasteiger partial charge >= 0.3 is 5.97 Å². The van der Waals surface area contributed by atoms with Crippen LogP contribution in [0.25, 0.3) is 11.1 Å². The van der Waals surface area contributed by atoms with Crippen LogP contribution in [0.5, 0.6) is 11.6 Å². The van der Waals surface area contributed by atoms with E-state index in [-0.39, 0.29) is 11.4 Å². The number of nitrogens with zero attached hydrogens (tertiary/aromatic N) is 2. The average molecular weight is 425 g/mol. The molecule has 2 heterocycles. The normalized spacial score (nSPS) is 10.2. The Labute approximate surface area is 184 Å². The summed E-state index contributed by atoms with van der Waals surface area (Å²) >= 11 is 0. The quantitative estimate of drug-likeness (QED) is 0.431. The number of esters is 1. The van der Waals surface area contributed by atoms with Gasteiger partial charge in [-0.05, 0) is 35.9 Å². The van der Waals surface area contributed by atoms with Crippen molar-refractivity contribution in [1.29, 1.82) is 0 Å². The molecule has 0 atom stereocenters. The molecule has 1 amide bonds. The lowest BCUT2D eigenvalue weighted by atomic mass is 10.0. The molecular weight excluding hydrogens is 406 g/mol. The molecule has 32 heavy (non-hydrogen) atoms. The second-order valence-corrected chi connectivity index (χ2v) is 6.68. The van der Waals surface area contributed by atoms with Crippen LogP contribution < -0.4 is 10.1 Å². The molecule has 0 aliphatic rings. The summed E-state index contributed by atoms with van der Waals surface area (Å²) in [5.41, 5.74) is 2.57. The number of aromatic nitrogens is 2. The van der Waals surface area contributed by atoms with E-state index in [2.05, 4.69) is 15.3 Å². The molecule has 4 aromatic rings. The minimum atomic E-state index is -0.719. The molecule has 0 unspecified atom stereocenters. The second-order valence-electron chi connectivity index (χ2n) is 6.68. The zero-order chi connectivity index (χ0) is 22.2. The molecule has 0 saturated heterocycles. The molecular formula is C25H19N3O4. The third kappa shape index (κ3) is 5.14. The average Bonchev–Trinajstić information content (AvgIpc) is 2.84. The molecule has 0 fully saturated rings. The van der Waals surface area contributed by atoms with Crippen LogP contribution in [0.4, 0.5) is 5.69 Å². The zero-order valence-corrected chi connectivity index (χ0v) is 17.0. The highest BCUT2D eigenvalue weighted by atomic mass is 16.5. The van der Waals surface area contributed by atoms with Gasteiger partial charge in [-0.1, -0.05) is 48.5 Å². The largest absolute Gasteiger partial charge is 0.452 e. The van der Waals surface area contributed by atoms with Gasteiger partial charge < -0.3 is 14.8 Å². The Morgan fingerprint density at radius 3 is 2.44 bits per heavy atom. The zero-order valence-electron chi connectivity index (χ0n) is 17.0. The van der Waals surface area contributed by atoms with Gasteiger partial charge in [0.1, 0.15) is 11.3 Å². The molecule has 4 rings (SSSR count). The van der Waals surface area contributed by atoms with Crippen LogP contribution in [0, 0.1) is 0 Å². The first-order valence-electron chi connectivity index (χ1n) is 9.85. The molecule has 7 heteroatoms. The molecule has 0 aliphatic carbocycles. The number of anilines is 1. The Morgan fingerprint density at radius 2 is 1.62 bits per heavy atom. The van der Waals surface area contributed by atoms with E-state index in [9.17, 15) is 9.59 Å². The van der Waals surface area contributed by atoms with Gasteiger partial charge in [0, 0.05) is 23.6 Å². The van der Waals surface area contributed by atoms with Crippen LogP contribution in [-0.2, 0) is 9.53 Å². The van der Waals surface area contributed by atoms with Gasteiger partial charge in [-0.25, -0.2) is 9.78 Å². The third-order valence-corrected chi connectivity index (χ3v) is 4.46. The number of carbonyl (C=O) groups is 2. The SMILES string of the molecule is O=C(COC(=O)c1cccnc1Oc1cccnc1)Nc1ccccc1-c1ccccc1. The summed E-state index contributed by atoms with van der Waals surface area (Å²) in [4.78, 5) is 33.1. The van der Waals surface area contributed by atoms with Crippen LogP contribution in [0.15, 0.2) is 97.5 Å². The molecule has 158 valence electrons.